The Labute approximate surface area is 173 Å². The highest BCUT2D eigenvalue weighted by Crippen LogP contribution is 2.38. The lowest BCUT2D eigenvalue weighted by atomic mass is 10.1. The number of rotatable bonds is 0. The second-order valence-electron chi connectivity index (χ2n) is 7.16. The number of anilines is 2. The summed E-state index contributed by atoms with van der Waals surface area (Å²) in [5.74, 6) is 0. The van der Waals surface area contributed by atoms with E-state index in [1.165, 1.54) is 43.2 Å². The van der Waals surface area contributed by atoms with Gasteiger partial charge in [0.1, 0.15) is 0 Å². The van der Waals surface area contributed by atoms with E-state index in [9.17, 15) is 0 Å². The zero-order valence-electron chi connectivity index (χ0n) is 14.6. The molecule has 0 atom stereocenters. The van der Waals surface area contributed by atoms with Gasteiger partial charge >= 0.3 is 0 Å². The zero-order valence-corrected chi connectivity index (χ0v) is 17.7. The SMILES string of the molecule is IN1c2ccccc2[Si]2(c3ccccc3-c3ccccc32)c2ccccc21. The second kappa shape index (κ2) is 5.56. The molecule has 0 unspecified atom stereocenters. The van der Waals surface area contributed by atoms with Crippen LogP contribution in [0.2, 0.25) is 0 Å². The summed E-state index contributed by atoms with van der Waals surface area (Å²) < 4.78 is 2.34. The van der Waals surface area contributed by atoms with Crippen LogP contribution in [0.3, 0.4) is 0 Å². The average molecular weight is 473 g/mol. The molecule has 1 nitrogen and oxygen atoms in total. The molecule has 27 heavy (non-hydrogen) atoms. The summed E-state index contributed by atoms with van der Waals surface area (Å²) in [4.78, 5) is 0. The van der Waals surface area contributed by atoms with E-state index in [-0.39, 0.29) is 0 Å². The number of para-hydroxylation sites is 2. The molecule has 4 aromatic rings. The normalized spacial score (nSPS) is 15.1. The van der Waals surface area contributed by atoms with Gasteiger partial charge in [0, 0.05) is 0 Å². The maximum Gasteiger partial charge on any atom is 0.185 e. The molecule has 2 heterocycles. The van der Waals surface area contributed by atoms with E-state index in [1.807, 2.05) is 0 Å². The molecule has 0 aliphatic carbocycles. The number of hydrogen-bond donors (Lipinski definition) is 0. The van der Waals surface area contributed by atoms with Crippen molar-refractivity contribution in [3.05, 3.63) is 97.1 Å². The molecule has 0 aromatic heterocycles. The van der Waals surface area contributed by atoms with Gasteiger partial charge in [0.2, 0.25) is 0 Å². The van der Waals surface area contributed by atoms with Gasteiger partial charge in [0.25, 0.3) is 0 Å². The number of fused-ring (bicyclic) bond motifs is 9. The van der Waals surface area contributed by atoms with Crippen molar-refractivity contribution in [3.8, 4) is 11.1 Å². The molecular weight excluding hydrogens is 457 g/mol. The van der Waals surface area contributed by atoms with Crippen LogP contribution in [0, 0.1) is 0 Å². The number of benzene rings is 4. The van der Waals surface area contributed by atoms with E-state index < -0.39 is 8.07 Å². The number of nitrogens with zero attached hydrogens (tertiary/aromatic N) is 1. The van der Waals surface area contributed by atoms with Crippen LogP contribution in [0.4, 0.5) is 11.4 Å². The molecule has 128 valence electrons. The van der Waals surface area contributed by atoms with Crippen LogP contribution >= 0.6 is 22.9 Å². The van der Waals surface area contributed by atoms with Crippen molar-refractivity contribution in [2.75, 3.05) is 3.11 Å². The van der Waals surface area contributed by atoms with Crippen molar-refractivity contribution in [2.45, 2.75) is 0 Å². The van der Waals surface area contributed by atoms with Gasteiger partial charge in [0.05, 0.1) is 34.2 Å². The monoisotopic (exact) mass is 473 g/mol. The fourth-order valence-electron chi connectivity index (χ4n) is 5.01. The van der Waals surface area contributed by atoms with Gasteiger partial charge in [-0.25, -0.2) is 0 Å². The molecule has 0 amide bonds. The predicted octanol–water partition coefficient (Wildman–Crippen LogP) is 3.85. The van der Waals surface area contributed by atoms with Crippen LogP contribution in [-0.4, -0.2) is 8.07 Å². The molecule has 0 bridgehead atoms. The molecule has 0 saturated carbocycles. The first-order chi connectivity index (χ1) is 13.3. The lowest BCUT2D eigenvalue weighted by Crippen LogP contribution is -2.75. The maximum atomic E-state index is 2.46. The van der Waals surface area contributed by atoms with E-state index in [2.05, 4.69) is 123 Å². The predicted molar refractivity (Wildman–Crippen MR) is 125 cm³/mol. The van der Waals surface area contributed by atoms with Crippen molar-refractivity contribution < 1.29 is 0 Å². The molecule has 3 heteroatoms. The molecular formula is C24H16INSi. The first-order valence-corrected chi connectivity index (χ1v) is 12.1. The van der Waals surface area contributed by atoms with Crippen molar-refractivity contribution >= 4 is 63.1 Å². The summed E-state index contributed by atoms with van der Waals surface area (Å²) in [6, 6.07) is 36.1. The summed E-state index contributed by atoms with van der Waals surface area (Å²) in [7, 11) is -2.29. The summed E-state index contributed by atoms with van der Waals surface area (Å²) in [6.45, 7) is 0. The van der Waals surface area contributed by atoms with Gasteiger partial charge in [-0.15, -0.1) is 0 Å². The van der Waals surface area contributed by atoms with Gasteiger partial charge in [-0.3, -0.25) is 3.11 Å². The Morgan fingerprint density at radius 3 is 1.33 bits per heavy atom. The van der Waals surface area contributed by atoms with E-state index >= 15 is 0 Å². The highest BCUT2D eigenvalue weighted by Gasteiger charge is 2.53. The van der Waals surface area contributed by atoms with Gasteiger partial charge < -0.3 is 0 Å². The van der Waals surface area contributed by atoms with Crippen molar-refractivity contribution in [2.24, 2.45) is 0 Å². The standard InChI is InChI=1S/C24H16INSi/c25-26-19-11-3-7-15-23(19)27(24-16-8-4-12-20(24)26)21-13-5-1-9-17(21)18-10-2-6-14-22(18)27/h1-16H. The average Bonchev–Trinajstić information content (AvgIpc) is 3.04. The molecule has 6 rings (SSSR count). The van der Waals surface area contributed by atoms with E-state index in [0.717, 1.165) is 0 Å². The first kappa shape index (κ1) is 15.7. The van der Waals surface area contributed by atoms with Crippen LogP contribution in [-0.2, 0) is 0 Å². The Bertz CT molecular complexity index is 1120. The largest absolute Gasteiger partial charge is 0.283 e. The van der Waals surface area contributed by atoms with Crippen molar-refractivity contribution in [1.29, 1.82) is 0 Å². The van der Waals surface area contributed by atoms with Crippen molar-refractivity contribution in [3.63, 3.8) is 0 Å². The van der Waals surface area contributed by atoms with Crippen molar-refractivity contribution in [1.82, 2.24) is 0 Å². The molecule has 4 aromatic carbocycles. The Hall–Kier alpha value is -2.37. The van der Waals surface area contributed by atoms with Gasteiger partial charge in [-0.1, -0.05) is 84.9 Å². The number of halogens is 1. The third-order valence-electron chi connectivity index (χ3n) is 5.99. The fourth-order valence-corrected chi connectivity index (χ4v) is 11.8. The van der Waals surface area contributed by atoms with Gasteiger partial charge in [-0.05, 0) is 44.0 Å². The summed E-state index contributed by atoms with van der Waals surface area (Å²) in [6.07, 6.45) is 0. The molecule has 2 aliphatic rings. The smallest absolute Gasteiger partial charge is 0.185 e. The third-order valence-corrected chi connectivity index (χ3v) is 12.0. The summed E-state index contributed by atoms with van der Waals surface area (Å²) in [5.41, 5.74) is 5.47. The molecule has 0 N–H and O–H groups in total. The minimum atomic E-state index is -2.29. The topological polar surface area (TPSA) is 3.24 Å². The lowest BCUT2D eigenvalue weighted by Gasteiger charge is -2.41. The summed E-state index contributed by atoms with van der Waals surface area (Å²) >= 11 is 2.46. The highest BCUT2D eigenvalue weighted by atomic mass is 127. The minimum absolute atomic E-state index is 1.33. The minimum Gasteiger partial charge on any atom is -0.283 e. The van der Waals surface area contributed by atoms with Crippen LogP contribution in [0.25, 0.3) is 11.1 Å². The van der Waals surface area contributed by atoms with E-state index in [4.69, 9.17) is 0 Å². The third kappa shape index (κ3) is 1.83. The van der Waals surface area contributed by atoms with Gasteiger partial charge in [-0.2, -0.15) is 0 Å². The molecule has 0 fully saturated rings. The molecule has 0 radical (unpaired) electrons. The van der Waals surface area contributed by atoms with E-state index in [1.54, 1.807) is 0 Å². The summed E-state index contributed by atoms with van der Waals surface area (Å²) in [5, 5.41) is 6.04. The van der Waals surface area contributed by atoms with Gasteiger partial charge in [0.15, 0.2) is 8.07 Å². The zero-order chi connectivity index (χ0) is 18.0. The van der Waals surface area contributed by atoms with Crippen LogP contribution in [0.1, 0.15) is 0 Å². The molecule has 1 spiro atoms. The van der Waals surface area contributed by atoms with E-state index in [0.29, 0.717) is 0 Å². The van der Waals surface area contributed by atoms with Crippen LogP contribution in [0.5, 0.6) is 0 Å². The highest BCUT2D eigenvalue weighted by molar-refractivity contribution is 14.1. The quantitative estimate of drug-likeness (QED) is 0.188. The Kier molecular flexibility index (Phi) is 3.23. The Morgan fingerprint density at radius 1 is 0.481 bits per heavy atom. The molecule has 0 saturated heterocycles. The lowest BCUT2D eigenvalue weighted by molar-refractivity contribution is 1.48. The molecule has 2 aliphatic heterocycles. The maximum absolute atomic E-state index is 2.46. The second-order valence-corrected chi connectivity index (χ2v) is 11.8. The number of hydrogen-bond acceptors (Lipinski definition) is 1. The van der Waals surface area contributed by atoms with Crippen LogP contribution < -0.4 is 23.9 Å². The first-order valence-electron chi connectivity index (χ1n) is 9.18. The fraction of sp³-hybridized carbons (Fsp3) is 0. The van der Waals surface area contributed by atoms with Crippen LogP contribution in [0.15, 0.2) is 97.1 Å². The Balaban J connectivity index is 1.87. The Morgan fingerprint density at radius 2 is 0.852 bits per heavy atom.